The fraction of sp³-hybridized carbons (Fsp3) is 0.333. The normalized spacial score (nSPS) is 20.4. The van der Waals surface area contributed by atoms with Crippen LogP contribution in [0, 0.1) is 0 Å². The number of carbonyl (C=O) groups is 1. The summed E-state index contributed by atoms with van der Waals surface area (Å²) < 4.78 is 1.68. The number of nitrogens with zero attached hydrogens (tertiary/aromatic N) is 1. The first-order chi connectivity index (χ1) is 7.65. The Balaban J connectivity index is 2.58. The Bertz CT molecular complexity index is 466. The SMILES string of the molecule is CNC1=[N+](C)[C@H](O)c2ccccc2C(=O)C1. The molecule has 84 valence electrons. The molecule has 0 saturated heterocycles. The van der Waals surface area contributed by atoms with E-state index in [1.807, 2.05) is 12.1 Å². The molecule has 1 aromatic rings. The van der Waals surface area contributed by atoms with Gasteiger partial charge in [-0.25, -0.2) is 4.58 Å². The van der Waals surface area contributed by atoms with Crippen molar-refractivity contribution in [1.29, 1.82) is 0 Å². The van der Waals surface area contributed by atoms with Gasteiger partial charge in [0.15, 0.2) is 5.78 Å². The topological polar surface area (TPSA) is 52.3 Å². The minimum atomic E-state index is -0.773. The van der Waals surface area contributed by atoms with Gasteiger partial charge in [0, 0.05) is 11.1 Å². The third kappa shape index (κ3) is 1.61. The quantitative estimate of drug-likeness (QED) is 0.626. The van der Waals surface area contributed by atoms with Crippen LogP contribution in [0.5, 0.6) is 0 Å². The zero-order chi connectivity index (χ0) is 11.7. The number of fused-ring (bicyclic) bond motifs is 1. The fourth-order valence-corrected chi connectivity index (χ4v) is 1.97. The number of hydrogen-bond donors (Lipinski definition) is 2. The van der Waals surface area contributed by atoms with E-state index in [4.69, 9.17) is 0 Å². The second kappa shape index (κ2) is 4.06. The van der Waals surface area contributed by atoms with Crippen LogP contribution in [0.25, 0.3) is 0 Å². The molecule has 2 rings (SSSR count). The molecule has 16 heavy (non-hydrogen) atoms. The number of rotatable bonds is 0. The average molecular weight is 219 g/mol. The van der Waals surface area contributed by atoms with Gasteiger partial charge in [-0.1, -0.05) is 24.3 Å². The number of carbonyl (C=O) groups excluding carboxylic acids is 1. The lowest BCUT2D eigenvalue weighted by molar-refractivity contribution is -0.594. The molecule has 0 fully saturated rings. The van der Waals surface area contributed by atoms with E-state index in [1.165, 1.54) is 0 Å². The highest BCUT2D eigenvalue weighted by molar-refractivity contribution is 6.08. The summed E-state index contributed by atoms with van der Waals surface area (Å²) in [6.45, 7) is 0. The maximum atomic E-state index is 12.0. The molecule has 0 saturated carbocycles. The second-order valence-electron chi connectivity index (χ2n) is 3.87. The number of aliphatic hydroxyl groups excluding tert-OH is 1. The smallest absolute Gasteiger partial charge is 0.254 e. The molecule has 0 bridgehead atoms. The Morgan fingerprint density at radius 2 is 2.12 bits per heavy atom. The van der Waals surface area contributed by atoms with Gasteiger partial charge in [0.25, 0.3) is 5.84 Å². The van der Waals surface area contributed by atoms with Gasteiger partial charge in [0.2, 0.25) is 6.23 Å². The van der Waals surface area contributed by atoms with Gasteiger partial charge >= 0.3 is 0 Å². The van der Waals surface area contributed by atoms with Gasteiger partial charge < -0.3 is 5.11 Å². The van der Waals surface area contributed by atoms with Crippen LogP contribution in [-0.2, 0) is 0 Å². The molecule has 1 heterocycles. The van der Waals surface area contributed by atoms with Crippen molar-refractivity contribution < 1.29 is 14.5 Å². The average Bonchev–Trinajstić information content (AvgIpc) is 2.41. The molecule has 4 heteroatoms. The molecule has 0 spiro atoms. The molecule has 2 N–H and O–H groups in total. The number of Topliss-reactive ketones (excluding diaryl/α,β-unsaturated/α-hetero) is 1. The molecule has 0 unspecified atom stereocenters. The molecule has 1 aromatic carbocycles. The first kappa shape index (κ1) is 10.8. The highest BCUT2D eigenvalue weighted by atomic mass is 16.3. The summed E-state index contributed by atoms with van der Waals surface area (Å²) in [6, 6.07) is 7.18. The molecular formula is C12H15N2O2+. The van der Waals surface area contributed by atoms with Crippen LogP contribution < -0.4 is 5.32 Å². The zero-order valence-electron chi connectivity index (χ0n) is 9.40. The van der Waals surface area contributed by atoms with Crippen LogP contribution in [0.4, 0.5) is 0 Å². The molecule has 0 amide bonds. The summed E-state index contributed by atoms with van der Waals surface area (Å²) >= 11 is 0. The molecule has 0 radical (unpaired) electrons. The molecule has 0 aromatic heterocycles. The predicted molar refractivity (Wildman–Crippen MR) is 60.6 cm³/mol. The number of benzene rings is 1. The maximum Gasteiger partial charge on any atom is 0.254 e. The van der Waals surface area contributed by atoms with Crippen LogP contribution in [0.1, 0.15) is 28.6 Å². The van der Waals surface area contributed by atoms with Crippen molar-refractivity contribution in [2.75, 3.05) is 14.1 Å². The summed E-state index contributed by atoms with van der Waals surface area (Å²) in [6.07, 6.45) is -0.480. The predicted octanol–water partition coefficient (Wildman–Crippen LogP) is 0.524. The number of nitrogens with one attached hydrogen (secondary N) is 1. The van der Waals surface area contributed by atoms with Gasteiger partial charge in [-0.15, -0.1) is 0 Å². The van der Waals surface area contributed by atoms with Crippen LogP contribution in [0.15, 0.2) is 24.3 Å². The third-order valence-electron chi connectivity index (χ3n) is 2.95. The van der Waals surface area contributed by atoms with Crippen LogP contribution >= 0.6 is 0 Å². The molecule has 4 nitrogen and oxygen atoms in total. The second-order valence-corrected chi connectivity index (χ2v) is 3.87. The van der Waals surface area contributed by atoms with Crippen LogP contribution in [0.2, 0.25) is 0 Å². The van der Waals surface area contributed by atoms with E-state index >= 15 is 0 Å². The minimum Gasteiger partial charge on any atom is -0.352 e. The Hall–Kier alpha value is -1.68. The van der Waals surface area contributed by atoms with Gasteiger partial charge in [-0.2, -0.15) is 0 Å². The summed E-state index contributed by atoms with van der Waals surface area (Å²) in [5, 5.41) is 13.1. The maximum absolute atomic E-state index is 12.0. The lowest BCUT2D eigenvalue weighted by atomic mass is 10.0. The lowest BCUT2D eigenvalue weighted by Crippen LogP contribution is -2.31. The van der Waals surface area contributed by atoms with E-state index in [0.29, 0.717) is 17.5 Å². The van der Waals surface area contributed by atoms with Crippen molar-refractivity contribution in [2.45, 2.75) is 12.6 Å². The standard InChI is InChI=1S/C12H14N2O2/c1-13-11-7-10(15)8-5-3-4-6-9(8)12(16)14(11)2/h3-6,12,16H,7H2,1-2H3/p+1/t12-/m1/s1. The van der Waals surface area contributed by atoms with Crippen molar-refractivity contribution in [2.24, 2.45) is 0 Å². The monoisotopic (exact) mass is 219 g/mol. The van der Waals surface area contributed by atoms with Crippen LogP contribution in [0.3, 0.4) is 0 Å². The van der Waals surface area contributed by atoms with Crippen molar-refractivity contribution in [3.8, 4) is 0 Å². The Kier molecular flexibility index (Phi) is 2.75. The van der Waals surface area contributed by atoms with E-state index in [1.54, 1.807) is 30.8 Å². The van der Waals surface area contributed by atoms with E-state index in [9.17, 15) is 9.90 Å². The van der Waals surface area contributed by atoms with Crippen molar-refractivity contribution >= 4 is 11.6 Å². The Labute approximate surface area is 94.2 Å². The molecule has 0 aliphatic carbocycles. The first-order valence-electron chi connectivity index (χ1n) is 5.21. The van der Waals surface area contributed by atoms with Gasteiger partial charge in [0.1, 0.15) is 6.42 Å². The van der Waals surface area contributed by atoms with Crippen molar-refractivity contribution in [1.82, 2.24) is 5.32 Å². The fourth-order valence-electron chi connectivity index (χ4n) is 1.97. The van der Waals surface area contributed by atoms with Crippen molar-refractivity contribution in [3.05, 3.63) is 35.4 Å². The number of hydrogen-bond acceptors (Lipinski definition) is 3. The molecule has 1 atom stereocenters. The number of ketones is 1. The third-order valence-corrected chi connectivity index (χ3v) is 2.95. The minimum absolute atomic E-state index is 0.0309. The van der Waals surface area contributed by atoms with E-state index in [2.05, 4.69) is 5.32 Å². The lowest BCUT2D eigenvalue weighted by Gasteiger charge is -2.11. The molecule has 1 aliphatic rings. The summed E-state index contributed by atoms with van der Waals surface area (Å²) in [4.78, 5) is 12.0. The van der Waals surface area contributed by atoms with Gasteiger partial charge in [0.05, 0.1) is 14.1 Å². The largest absolute Gasteiger partial charge is 0.352 e. The Morgan fingerprint density at radius 1 is 1.44 bits per heavy atom. The summed E-state index contributed by atoms with van der Waals surface area (Å²) in [7, 11) is 3.52. The Morgan fingerprint density at radius 3 is 2.81 bits per heavy atom. The number of aliphatic hydroxyl groups is 1. The molecular weight excluding hydrogens is 204 g/mol. The van der Waals surface area contributed by atoms with E-state index in [0.717, 1.165) is 5.84 Å². The van der Waals surface area contributed by atoms with E-state index in [-0.39, 0.29) is 5.78 Å². The highest BCUT2D eigenvalue weighted by Gasteiger charge is 2.29. The van der Waals surface area contributed by atoms with Gasteiger partial charge in [-0.05, 0) is 0 Å². The van der Waals surface area contributed by atoms with E-state index < -0.39 is 6.23 Å². The molecule has 1 aliphatic heterocycles. The first-order valence-corrected chi connectivity index (χ1v) is 5.21. The van der Waals surface area contributed by atoms with Gasteiger partial charge in [-0.3, -0.25) is 10.1 Å². The summed E-state index contributed by atoms with van der Waals surface area (Å²) in [5.74, 6) is 0.761. The van der Waals surface area contributed by atoms with Crippen LogP contribution in [-0.4, -0.2) is 35.4 Å². The zero-order valence-corrected chi connectivity index (χ0v) is 9.40. The van der Waals surface area contributed by atoms with Crippen molar-refractivity contribution in [3.63, 3.8) is 0 Å². The highest BCUT2D eigenvalue weighted by Crippen LogP contribution is 2.22. The summed E-state index contributed by atoms with van der Waals surface area (Å²) in [5.41, 5.74) is 1.27. The number of amidine groups is 1.